The molecule has 1 amide bonds. The molecule has 1 heterocycles. The van der Waals surface area contributed by atoms with E-state index in [9.17, 15) is 27.2 Å². The van der Waals surface area contributed by atoms with Gasteiger partial charge in [-0.05, 0) is 17.8 Å². The van der Waals surface area contributed by atoms with Gasteiger partial charge in [0.05, 0.1) is 23.8 Å². The number of halogens is 4. The molecule has 1 aromatic carbocycles. The predicted octanol–water partition coefficient (Wildman–Crippen LogP) is 2.45. The lowest BCUT2D eigenvalue weighted by Crippen LogP contribution is -2.19. The Morgan fingerprint density at radius 2 is 2.08 bits per heavy atom. The number of carbonyl (C=O) groups is 2. The number of thioether (sulfide) groups is 1. The monoisotopic (exact) mass is 375 g/mol. The molecule has 1 N–H and O–H groups in total. The van der Waals surface area contributed by atoms with Crippen molar-refractivity contribution in [1.82, 2.24) is 5.32 Å². The third-order valence-electron chi connectivity index (χ3n) is 2.78. The number of carbonyl (C=O) groups excluding carboxylic acids is 2. The second-order valence-corrected chi connectivity index (χ2v) is 5.47. The smallest absolute Gasteiger partial charge is 0.419 e. The minimum absolute atomic E-state index is 0.00560. The summed E-state index contributed by atoms with van der Waals surface area (Å²) in [6.45, 7) is 0. The highest BCUT2D eigenvalue weighted by Gasteiger charge is 2.34. The standard InChI is InChI=1S/C14H9F4N3O3S/c1-24-10(22)5-9-12(23)20-13(25-9)21-19-6-7-3-2-4-8(11(7)15)14(16,17)18/h2-6H,1H3,(H,20,21,23)/b9-5+,19-6?. The second-order valence-electron chi connectivity index (χ2n) is 4.44. The van der Waals surface area contributed by atoms with Crippen LogP contribution in [0.1, 0.15) is 11.1 Å². The minimum Gasteiger partial charge on any atom is -0.466 e. The highest BCUT2D eigenvalue weighted by atomic mass is 32.2. The third kappa shape index (κ3) is 4.66. The number of hydrogen-bond acceptors (Lipinski definition) is 6. The quantitative estimate of drug-likeness (QED) is 0.289. The fourth-order valence-corrected chi connectivity index (χ4v) is 2.39. The Labute approximate surface area is 142 Å². The lowest BCUT2D eigenvalue weighted by molar-refractivity contribution is -0.140. The second kappa shape index (κ2) is 7.47. The first-order valence-corrected chi connectivity index (χ1v) is 7.29. The van der Waals surface area contributed by atoms with Crippen molar-refractivity contribution in [1.29, 1.82) is 0 Å². The summed E-state index contributed by atoms with van der Waals surface area (Å²) in [4.78, 5) is 22.6. The molecule has 0 saturated carbocycles. The summed E-state index contributed by atoms with van der Waals surface area (Å²) in [5.74, 6) is -2.84. The zero-order valence-corrected chi connectivity index (χ0v) is 13.2. The Morgan fingerprint density at radius 1 is 1.36 bits per heavy atom. The Bertz CT molecular complexity index is 803. The highest BCUT2D eigenvalue weighted by Crippen LogP contribution is 2.32. The van der Waals surface area contributed by atoms with E-state index in [2.05, 4.69) is 20.3 Å². The molecule has 132 valence electrons. The molecule has 1 aromatic rings. The summed E-state index contributed by atoms with van der Waals surface area (Å²) in [6, 6.07) is 2.73. The Morgan fingerprint density at radius 3 is 2.72 bits per heavy atom. The van der Waals surface area contributed by atoms with Gasteiger partial charge >= 0.3 is 12.1 Å². The number of alkyl halides is 3. The van der Waals surface area contributed by atoms with Crippen molar-refractivity contribution in [2.75, 3.05) is 7.11 Å². The summed E-state index contributed by atoms with van der Waals surface area (Å²) in [5.41, 5.74) is -1.84. The number of amides is 1. The van der Waals surface area contributed by atoms with Crippen LogP contribution in [0.2, 0.25) is 0 Å². The van der Waals surface area contributed by atoms with Crippen LogP contribution in [0.25, 0.3) is 0 Å². The molecule has 1 aliphatic heterocycles. The molecule has 0 aliphatic carbocycles. The van der Waals surface area contributed by atoms with Crippen molar-refractivity contribution in [3.63, 3.8) is 0 Å². The van der Waals surface area contributed by atoms with E-state index in [4.69, 9.17) is 0 Å². The van der Waals surface area contributed by atoms with E-state index in [0.29, 0.717) is 6.07 Å². The number of benzene rings is 1. The number of nitrogens with zero attached hydrogens (tertiary/aromatic N) is 2. The zero-order chi connectivity index (χ0) is 18.6. The molecule has 0 aromatic heterocycles. The van der Waals surface area contributed by atoms with Crippen LogP contribution in [0.5, 0.6) is 0 Å². The van der Waals surface area contributed by atoms with E-state index < -0.39 is 35.0 Å². The van der Waals surface area contributed by atoms with Crippen molar-refractivity contribution in [2.24, 2.45) is 10.2 Å². The molecule has 0 spiro atoms. The molecular weight excluding hydrogens is 366 g/mol. The van der Waals surface area contributed by atoms with Gasteiger partial charge in [-0.15, -0.1) is 5.10 Å². The molecule has 11 heteroatoms. The number of nitrogens with one attached hydrogen (secondary N) is 1. The average Bonchev–Trinajstić information content (AvgIpc) is 2.87. The molecule has 1 fully saturated rings. The highest BCUT2D eigenvalue weighted by molar-refractivity contribution is 8.18. The van der Waals surface area contributed by atoms with Crippen LogP contribution >= 0.6 is 11.8 Å². The van der Waals surface area contributed by atoms with Gasteiger partial charge in [-0.3, -0.25) is 10.1 Å². The van der Waals surface area contributed by atoms with Gasteiger partial charge in [0.15, 0.2) is 5.17 Å². The van der Waals surface area contributed by atoms with Gasteiger partial charge in [0.2, 0.25) is 0 Å². The number of rotatable bonds is 3. The van der Waals surface area contributed by atoms with Gasteiger partial charge < -0.3 is 4.74 Å². The molecule has 0 radical (unpaired) electrons. The number of amidine groups is 1. The summed E-state index contributed by atoms with van der Waals surface area (Å²) in [7, 11) is 1.14. The van der Waals surface area contributed by atoms with E-state index in [1.165, 1.54) is 0 Å². The zero-order valence-electron chi connectivity index (χ0n) is 12.4. The average molecular weight is 375 g/mol. The minimum atomic E-state index is -4.83. The SMILES string of the molecule is COC(=O)/C=C1/S/C(=N\N=Cc2cccc(C(F)(F)F)c2F)NC1=O. The lowest BCUT2D eigenvalue weighted by Gasteiger charge is -2.08. The molecule has 1 aliphatic rings. The maximum Gasteiger partial charge on any atom is 0.419 e. The normalized spacial score (nSPS) is 18.2. The van der Waals surface area contributed by atoms with E-state index in [1.54, 1.807) is 0 Å². The van der Waals surface area contributed by atoms with Gasteiger partial charge in [-0.2, -0.15) is 18.3 Å². The lowest BCUT2D eigenvalue weighted by atomic mass is 10.1. The molecule has 0 bridgehead atoms. The van der Waals surface area contributed by atoms with Crippen LogP contribution in [-0.2, 0) is 20.5 Å². The van der Waals surface area contributed by atoms with E-state index >= 15 is 0 Å². The Kier molecular flexibility index (Phi) is 5.57. The maximum atomic E-state index is 13.8. The van der Waals surface area contributed by atoms with Crippen LogP contribution < -0.4 is 5.32 Å². The first-order chi connectivity index (χ1) is 11.7. The van der Waals surface area contributed by atoms with Gasteiger partial charge in [-0.25, -0.2) is 9.18 Å². The van der Waals surface area contributed by atoms with Crippen molar-refractivity contribution in [3.8, 4) is 0 Å². The fraction of sp³-hybridized carbons (Fsp3) is 0.143. The predicted molar refractivity (Wildman–Crippen MR) is 82.3 cm³/mol. The van der Waals surface area contributed by atoms with Gasteiger partial charge in [0.25, 0.3) is 5.91 Å². The number of methoxy groups -OCH3 is 1. The first kappa shape index (κ1) is 18.6. The van der Waals surface area contributed by atoms with Crippen LogP contribution in [-0.4, -0.2) is 30.4 Å². The summed E-state index contributed by atoms with van der Waals surface area (Å²) in [5, 5.41) is 9.27. The number of hydrogen-bond donors (Lipinski definition) is 1. The molecule has 6 nitrogen and oxygen atoms in total. The van der Waals surface area contributed by atoms with Crippen molar-refractivity contribution in [3.05, 3.63) is 46.1 Å². The molecule has 1 saturated heterocycles. The van der Waals surface area contributed by atoms with E-state index in [0.717, 1.165) is 43.3 Å². The van der Waals surface area contributed by atoms with Crippen LogP contribution in [0.15, 0.2) is 39.4 Å². The summed E-state index contributed by atoms with van der Waals surface area (Å²) < 4.78 is 56.0. The number of esters is 1. The fourth-order valence-electron chi connectivity index (χ4n) is 1.65. The maximum absolute atomic E-state index is 13.8. The summed E-state index contributed by atoms with van der Waals surface area (Å²) >= 11 is 0.771. The summed E-state index contributed by atoms with van der Waals surface area (Å²) in [6.07, 6.45) is -3.10. The topological polar surface area (TPSA) is 80.1 Å². The first-order valence-electron chi connectivity index (χ1n) is 6.48. The van der Waals surface area contributed by atoms with Crippen LogP contribution in [0.4, 0.5) is 17.6 Å². The Hall–Kier alpha value is -2.69. The van der Waals surface area contributed by atoms with Crippen molar-refractivity contribution >= 4 is 35.0 Å². The molecule has 25 heavy (non-hydrogen) atoms. The van der Waals surface area contributed by atoms with Crippen LogP contribution in [0, 0.1) is 5.82 Å². The Balaban J connectivity index is 2.17. The van der Waals surface area contributed by atoms with Gasteiger partial charge in [-0.1, -0.05) is 12.1 Å². The van der Waals surface area contributed by atoms with Gasteiger partial charge in [0.1, 0.15) is 5.82 Å². The number of ether oxygens (including phenoxy) is 1. The molecule has 0 atom stereocenters. The van der Waals surface area contributed by atoms with Crippen molar-refractivity contribution < 1.29 is 31.9 Å². The van der Waals surface area contributed by atoms with E-state index in [-0.39, 0.29) is 10.1 Å². The molecule has 0 unspecified atom stereocenters. The van der Waals surface area contributed by atoms with Gasteiger partial charge in [0, 0.05) is 11.6 Å². The third-order valence-corrected chi connectivity index (χ3v) is 3.68. The largest absolute Gasteiger partial charge is 0.466 e. The van der Waals surface area contributed by atoms with Crippen molar-refractivity contribution in [2.45, 2.75) is 6.18 Å². The van der Waals surface area contributed by atoms with E-state index in [1.807, 2.05) is 0 Å². The van der Waals surface area contributed by atoms with Crippen LogP contribution in [0.3, 0.4) is 0 Å². The molecule has 2 rings (SSSR count). The molecular formula is C14H9F4N3O3S.